The van der Waals surface area contributed by atoms with Gasteiger partial charge in [-0.05, 0) is 65.2 Å². The molecule has 0 aliphatic carbocycles. The maximum Gasteiger partial charge on any atom is 0.247 e. The van der Waals surface area contributed by atoms with Crippen molar-refractivity contribution in [1.82, 2.24) is 10.3 Å². The summed E-state index contributed by atoms with van der Waals surface area (Å²) < 4.78 is 11.8. The summed E-state index contributed by atoms with van der Waals surface area (Å²) in [5.74, 6) is 0.876. The molecular weight excluding hydrogens is 500 g/mol. The molecule has 1 heterocycles. The summed E-state index contributed by atoms with van der Waals surface area (Å²) in [4.78, 5) is 17.9. The minimum Gasteiger partial charge on any atom is -0.493 e. The van der Waals surface area contributed by atoms with E-state index in [1.54, 1.807) is 43.6 Å². The Kier molecular flexibility index (Phi) is 8.18. The van der Waals surface area contributed by atoms with Crippen LogP contribution < -0.4 is 20.1 Å². The van der Waals surface area contributed by atoms with Crippen molar-refractivity contribution in [3.63, 3.8) is 0 Å². The Morgan fingerprint density at radius 3 is 2.50 bits per heavy atom. The van der Waals surface area contributed by atoms with E-state index in [-0.39, 0.29) is 5.91 Å². The quantitative estimate of drug-likeness (QED) is 0.225. The molecule has 198 valence electrons. The number of pyridine rings is 1. The van der Waals surface area contributed by atoms with Crippen molar-refractivity contribution in [3.05, 3.63) is 132 Å². The van der Waals surface area contributed by atoms with Crippen LogP contribution in [0.15, 0.2) is 109 Å². The van der Waals surface area contributed by atoms with Gasteiger partial charge < -0.3 is 20.1 Å². The third kappa shape index (κ3) is 6.37. The summed E-state index contributed by atoms with van der Waals surface area (Å²) in [7, 11) is 1.57. The number of carbonyl (C=O) groups excluding carboxylic acids is 1. The van der Waals surface area contributed by atoms with Crippen molar-refractivity contribution in [3.8, 4) is 17.6 Å². The molecule has 0 saturated carbocycles. The van der Waals surface area contributed by atoms with Crippen molar-refractivity contribution >= 4 is 22.5 Å². The van der Waals surface area contributed by atoms with E-state index in [0.717, 1.165) is 22.0 Å². The molecule has 0 unspecified atom stereocenters. The fourth-order valence-electron chi connectivity index (χ4n) is 4.34. The molecule has 1 aromatic heterocycles. The van der Waals surface area contributed by atoms with E-state index >= 15 is 0 Å². The zero-order chi connectivity index (χ0) is 27.7. The fraction of sp³-hybridized carbons (Fsp3) is 0.121. The highest BCUT2D eigenvalue weighted by Crippen LogP contribution is 2.32. The van der Waals surface area contributed by atoms with Crippen LogP contribution in [0.5, 0.6) is 11.5 Å². The second kappa shape index (κ2) is 12.5. The van der Waals surface area contributed by atoms with Crippen LogP contribution in [0.1, 0.15) is 28.3 Å². The molecule has 7 nitrogen and oxygen atoms in total. The van der Waals surface area contributed by atoms with Gasteiger partial charge >= 0.3 is 0 Å². The summed E-state index contributed by atoms with van der Waals surface area (Å²) in [6, 6.07) is 33.6. The monoisotopic (exact) mass is 528 g/mol. The maximum atomic E-state index is 13.4. The van der Waals surface area contributed by atoms with Crippen LogP contribution in [-0.2, 0) is 17.9 Å². The Balaban J connectivity index is 1.36. The number of ether oxygens (including phenoxy) is 2. The first kappa shape index (κ1) is 26.3. The van der Waals surface area contributed by atoms with Crippen LogP contribution in [0.4, 0.5) is 5.69 Å². The molecule has 1 amide bonds. The molecule has 2 N–H and O–H groups in total. The van der Waals surface area contributed by atoms with Crippen LogP contribution in [0, 0.1) is 11.3 Å². The number of hydrogen-bond donors (Lipinski definition) is 2. The number of carbonyl (C=O) groups is 1. The number of nitrogens with one attached hydrogen (secondary N) is 2. The Morgan fingerprint density at radius 1 is 0.900 bits per heavy atom. The zero-order valence-corrected chi connectivity index (χ0v) is 22.0. The average Bonchev–Trinajstić information content (AvgIpc) is 3.02. The standard InChI is InChI=1S/C33H28N4O3/c1-39-31-19-27(13-16-30(31)40-22-25-9-12-26-8-5-17-35-29(26)18-25)32(37-28-14-10-23(20-34)11-15-28)33(38)36-21-24-6-3-2-4-7-24/h2-19,32,37H,21-22H2,1H3,(H,36,38)/t32-/m0/s1. The van der Waals surface area contributed by atoms with Crippen LogP contribution in [-0.4, -0.2) is 18.0 Å². The molecule has 40 heavy (non-hydrogen) atoms. The maximum absolute atomic E-state index is 13.4. The van der Waals surface area contributed by atoms with E-state index < -0.39 is 6.04 Å². The van der Waals surface area contributed by atoms with Gasteiger partial charge in [0.25, 0.3) is 0 Å². The second-order valence-corrected chi connectivity index (χ2v) is 9.20. The summed E-state index contributed by atoms with van der Waals surface area (Å²) >= 11 is 0. The number of fused-ring (bicyclic) bond motifs is 1. The number of aromatic nitrogens is 1. The predicted molar refractivity (Wildman–Crippen MR) is 155 cm³/mol. The average molecular weight is 529 g/mol. The topological polar surface area (TPSA) is 96.3 Å². The minimum atomic E-state index is -0.717. The molecule has 0 radical (unpaired) electrons. The highest BCUT2D eigenvalue weighted by atomic mass is 16.5. The second-order valence-electron chi connectivity index (χ2n) is 9.20. The molecule has 0 fully saturated rings. The van der Waals surface area contributed by atoms with Crippen molar-refractivity contribution in [2.75, 3.05) is 12.4 Å². The van der Waals surface area contributed by atoms with Crippen molar-refractivity contribution in [2.45, 2.75) is 19.2 Å². The number of nitriles is 1. The molecule has 0 spiro atoms. The SMILES string of the molecule is COc1cc([C@H](Nc2ccc(C#N)cc2)C(=O)NCc2ccccc2)ccc1OCc1ccc2cccnc2c1. The van der Waals surface area contributed by atoms with Gasteiger partial charge in [-0.3, -0.25) is 9.78 Å². The van der Waals surface area contributed by atoms with E-state index in [1.165, 1.54) is 0 Å². The van der Waals surface area contributed by atoms with Gasteiger partial charge in [0.1, 0.15) is 12.6 Å². The largest absolute Gasteiger partial charge is 0.493 e. The summed E-state index contributed by atoms with van der Waals surface area (Å²) in [6.45, 7) is 0.733. The van der Waals surface area contributed by atoms with E-state index in [2.05, 4.69) is 21.7 Å². The van der Waals surface area contributed by atoms with Gasteiger partial charge in [0.2, 0.25) is 5.91 Å². The Bertz CT molecular complexity index is 1650. The van der Waals surface area contributed by atoms with Crippen molar-refractivity contribution < 1.29 is 14.3 Å². The number of methoxy groups -OCH3 is 1. The van der Waals surface area contributed by atoms with Crippen LogP contribution in [0.25, 0.3) is 10.9 Å². The van der Waals surface area contributed by atoms with E-state index in [1.807, 2.05) is 72.8 Å². The molecule has 1 atom stereocenters. The van der Waals surface area contributed by atoms with Gasteiger partial charge in [-0.15, -0.1) is 0 Å². The van der Waals surface area contributed by atoms with Crippen LogP contribution in [0.3, 0.4) is 0 Å². The summed E-state index contributed by atoms with van der Waals surface area (Å²) in [5.41, 5.74) is 4.85. The molecule has 0 bridgehead atoms. The van der Waals surface area contributed by atoms with Gasteiger partial charge in [-0.25, -0.2) is 0 Å². The lowest BCUT2D eigenvalue weighted by molar-refractivity contribution is -0.122. The first-order chi connectivity index (χ1) is 19.6. The van der Waals surface area contributed by atoms with Gasteiger partial charge in [0, 0.05) is 23.8 Å². The Hall–Kier alpha value is -5.35. The van der Waals surface area contributed by atoms with Gasteiger partial charge in [-0.2, -0.15) is 5.26 Å². The first-order valence-corrected chi connectivity index (χ1v) is 12.9. The number of hydrogen-bond acceptors (Lipinski definition) is 6. The highest BCUT2D eigenvalue weighted by molar-refractivity contribution is 5.86. The molecule has 4 aromatic carbocycles. The first-order valence-electron chi connectivity index (χ1n) is 12.9. The van der Waals surface area contributed by atoms with E-state index in [0.29, 0.717) is 41.5 Å². The van der Waals surface area contributed by atoms with Crippen molar-refractivity contribution in [2.24, 2.45) is 0 Å². The predicted octanol–water partition coefficient (Wildman–Crippen LogP) is 6.16. The molecular formula is C33H28N4O3. The normalized spacial score (nSPS) is 11.3. The number of rotatable bonds is 10. The third-order valence-electron chi connectivity index (χ3n) is 6.48. The molecule has 5 rings (SSSR count). The lowest BCUT2D eigenvalue weighted by Gasteiger charge is -2.21. The molecule has 7 heteroatoms. The van der Waals surface area contributed by atoms with Crippen LogP contribution >= 0.6 is 0 Å². The lowest BCUT2D eigenvalue weighted by atomic mass is 10.0. The number of anilines is 1. The highest BCUT2D eigenvalue weighted by Gasteiger charge is 2.22. The fourth-order valence-corrected chi connectivity index (χ4v) is 4.34. The van der Waals surface area contributed by atoms with E-state index in [9.17, 15) is 4.79 Å². The summed E-state index contributed by atoms with van der Waals surface area (Å²) in [5, 5.41) is 16.5. The molecule has 0 aliphatic rings. The third-order valence-corrected chi connectivity index (χ3v) is 6.48. The van der Waals surface area contributed by atoms with Gasteiger partial charge in [-0.1, -0.05) is 54.6 Å². The minimum absolute atomic E-state index is 0.201. The lowest BCUT2D eigenvalue weighted by Crippen LogP contribution is -2.33. The molecule has 0 saturated heterocycles. The van der Waals surface area contributed by atoms with Crippen LogP contribution in [0.2, 0.25) is 0 Å². The smallest absolute Gasteiger partial charge is 0.247 e. The zero-order valence-electron chi connectivity index (χ0n) is 22.0. The van der Waals surface area contributed by atoms with Gasteiger partial charge in [0.05, 0.1) is 24.3 Å². The number of benzene rings is 4. The Labute approximate surface area is 233 Å². The van der Waals surface area contributed by atoms with E-state index in [4.69, 9.17) is 14.7 Å². The Morgan fingerprint density at radius 2 is 1.73 bits per heavy atom. The number of amides is 1. The van der Waals surface area contributed by atoms with Gasteiger partial charge in [0.15, 0.2) is 11.5 Å². The summed E-state index contributed by atoms with van der Waals surface area (Å²) in [6.07, 6.45) is 1.77. The van der Waals surface area contributed by atoms with Crippen molar-refractivity contribution in [1.29, 1.82) is 5.26 Å². The molecule has 5 aromatic rings. The number of nitrogens with zero attached hydrogens (tertiary/aromatic N) is 2. The molecule has 0 aliphatic heterocycles.